The van der Waals surface area contributed by atoms with Gasteiger partial charge >= 0.3 is 0 Å². The number of benzene rings is 4. The van der Waals surface area contributed by atoms with E-state index in [0.717, 1.165) is 22.3 Å². The number of fused-ring (bicyclic) bond motifs is 1. The lowest BCUT2D eigenvalue weighted by atomic mass is 9.99. The summed E-state index contributed by atoms with van der Waals surface area (Å²) in [6.07, 6.45) is 1.42. The lowest BCUT2D eigenvalue weighted by Gasteiger charge is -2.32. The van der Waals surface area contributed by atoms with Crippen molar-refractivity contribution in [1.82, 2.24) is 10.2 Å². The molecule has 4 aromatic rings. The van der Waals surface area contributed by atoms with E-state index in [0.29, 0.717) is 25.8 Å². The summed E-state index contributed by atoms with van der Waals surface area (Å²) < 4.78 is 0. The van der Waals surface area contributed by atoms with Gasteiger partial charge in [0, 0.05) is 25.4 Å². The zero-order valence-electron chi connectivity index (χ0n) is 22.0. The number of carbonyl (C=O) groups is 2. The van der Waals surface area contributed by atoms with E-state index in [1.807, 2.05) is 87.5 Å². The van der Waals surface area contributed by atoms with E-state index in [2.05, 4.69) is 35.6 Å². The predicted octanol–water partition coefficient (Wildman–Crippen LogP) is 6.25. The molecule has 0 aromatic heterocycles. The van der Waals surface area contributed by atoms with Crippen LogP contribution in [0.2, 0.25) is 0 Å². The van der Waals surface area contributed by atoms with Crippen molar-refractivity contribution in [3.05, 3.63) is 119 Å². The molecule has 4 heteroatoms. The monoisotopic (exact) mass is 492 g/mol. The Morgan fingerprint density at radius 1 is 0.811 bits per heavy atom. The fourth-order valence-corrected chi connectivity index (χ4v) is 4.84. The molecule has 0 spiro atoms. The smallest absolute Gasteiger partial charge is 0.243 e. The van der Waals surface area contributed by atoms with Gasteiger partial charge in [-0.25, -0.2) is 0 Å². The molecule has 190 valence electrons. The number of hydrogen-bond acceptors (Lipinski definition) is 2. The van der Waals surface area contributed by atoms with Crippen LogP contribution in [0, 0.1) is 6.92 Å². The van der Waals surface area contributed by atoms with Crippen molar-refractivity contribution < 1.29 is 9.59 Å². The second kappa shape index (κ2) is 12.4. The molecule has 1 unspecified atom stereocenters. The lowest BCUT2D eigenvalue weighted by molar-refractivity contribution is -0.141. The molecule has 1 atom stereocenters. The molecule has 4 aromatic carbocycles. The zero-order chi connectivity index (χ0) is 26.2. The van der Waals surface area contributed by atoms with E-state index in [4.69, 9.17) is 0 Å². The maximum absolute atomic E-state index is 13.9. The van der Waals surface area contributed by atoms with Gasteiger partial charge in [-0.15, -0.1) is 0 Å². The molecule has 37 heavy (non-hydrogen) atoms. The van der Waals surface area contributed by atoms with Crippen LogP contribution in [0.1, 0.15) is 42.5 Å². The van der Waals surface area contributed by atoms with Crippen molar-refractivity contribution in [3.8, 4) is 0 Å². The molecule has 0 aliphatic heterocycles. The van der Waals surface area contributed by atoms with E-state index >= 15 is 0 Å². The third kappa shape index (κ3) is 7.07. The molecule has 4 rings (SSSR count). The van der Waals surface area contributed by atoms with Gasteiger partial charge in [-0.3, -0.25) is 9.59 Å². The van der Waals surface area contributed by atoms with Gasteiger partial charge in [-0.1, -0.05) is 103 Å². The molecule has 0 aliphatic rings. The molecule has 0 saturated carbocycles. The Labute approximate surface area is 220 Å². The van der Waals surface area contributed by atoms with Crippen molar-refractivity contribution >= 4 is 22.6 Å². The van der Waals surface area contributed by atoms with Crippen LogP contribution in [0.25, 0.3) is 10.8 Å². The molecule has 0 aliphatic carbocycles. The van der Waals surface area contributed by atoms with Gasteiger partial charge in [0.2, 0.25) is 11.8 Å². The standard InChI is InChI=1S/C33H36N2O2/c1-24(2)34-33(37)31(22-26-12-5-4-6-13-26)35(23-27-14-9-11-25(3)21-27)32(36)20-19-29-17-10-16-28-15-7-8-18-30(28)29/h4-18,21,24,31H,19-20,22-23H2,1-3H3,(H,34,37). The van der Waals surface area contributed by atoms with Gasteiger partial charge in [0.05, 0.1) is 0 Å². The molecule has 0 bridgehead atoms. The Morgan fingerprint density at radius 2 is 1.49 bits per heavy atom. The molecule has 1 N–H and O–H groups in total. The average molecular weight is 493 g/mol. The Balaban J connectivity index is 1.64. The number of hydrogen-bond donors (Lipinski definition) is 1. The quantitative estimate of drug-likeness (QED) is 0.285. The molecule has 2 amide bonds. The molecule has 0 radical (unpaired) electrons. The van der Waals surface area contributed by atoms with Crippen LogP contribution in [-0.4, -0.2) is 28.8 Å². The van der Waals surface area contributed by atoms with E-state index in [1.54, 1.807) is 4.90 Å². The van der Waals surface area contributed by atoms with Gasteiger partial charge in [0.15, 0.2) is 0 Å². The maximum atomic E-state index is 13.9. The summed E-state index contributed by atoms with van der Waals surface area (Å²) in [5.74, 6) is -0.140. The average Bonchev–Trinajstić information content (AvgIpc) is 2.89. The summed E-state index contributed by atoms with van der Waals surface area (Å²) in [6.45, 7) is 6.33. The minimum atomic E-state index is -0.606. The molecular weight excluding hydrogens is 456 g/mol. The van der Waals surface area contributed by atoms with Gasteiger partial charge in [-0.2, -0.15) is 0 Å². The second-order valence-electron chi connectivity index (χ2n) is 10.0. The van der Waals surface area contributed by atoms with E-state index < -0.39 is 6.04 Å². The van der Waals surface area contributed by atoms with Crippen LogP contribution < -0.4 is 5.32 Å². The van der Waals surface area contributed by atoms with E-state index in [-0.39, 0.29) is 17.9 Å². The fraction of sp³-hybridized carbons (Fsp3) is 0.273. The summed E-state index contributed by atoms with van der Waals surface area (Å²) >= 11 is 0. The largest absolute Gasteiger partial charge is 0.352 e. The van der Waals surface area contributed by atoms with Crippen molar-refractivity contribution in [1.29, 1.82) is 0 Å². The maximum Gasteiger partial charge on any atom is 0.243 e. The van der Waals surface area contributed by atoms with Crippen molar-refractivity contribution in [2.45, 2.75) is 58.7 Å². The van der Waals surface area contributed by atoms with E-state index in [1.165, 1.54) is 10.8 Å². The Hall–Kier alpha value is -3.92. The lowest BCUT2D eigenvalue weighted by Crippen LogP contribution is -2.51. The van der Waals surface area contributed by atoms with Crippen molar-refractivity contribution in [3.63, 3.8) is 0 Å². The molecule has 0 saturated heterocycles. The van der Waals surface area contributed by atoms with Crippen LogP contribution in [-0.2, 0) is 29.0 Å². The van der Waals surface area contributed by atoms with Crippen molar-refractivity contribution in [2.75, 3.05) is 0 Å². The van der Waals surface area contributed by atoms with Gasteiger partial charge in [-0.05, 0) is 54.7 Å². The van der Waals surface area contributed by atoms with Gasteiger partial charge in [0.25, 0.3) is 0 Å². The first kappa shape index (κ1) is 26.2. The Bertz CT molecular complexity index is 1340. The highest BCUT2D eigenvalue weighted by Crippen LogP contribution is 2.22. The third-order valence-electron chi connectivity index (χ3n) is 6.63. The van der Waals surface area contributed by atoms with Gasteiger partial charge in [0.1, 0.15) is 6.04 Å². The Morgan fingerprint density at radius 3 is 2.24 bits per heavy atom. The summed E-state index contributed by atoms with van der Waals surface area (Å²) in [5.41, 5.74) is 4.33. The van der Waals surface area contributed by atoms with Crippen LogP contribution in [0.15, 0.2) is 97.1 Å². The van der Waals surface area contributed by atoms with Gasteiger partial charge < -0.3 is 10.2 Å². The third-order valence-corrected chi connectivity index (χ3v) is 6.63. The number of amides is 2. The first-order chi connectivity index (χ1) is 17.9. The normalized spacial score (nSPS) is 11.9. The second-order valence-corrected chi connectivity index (χ2v) is 10.0. The first-order valence-electron chi connectivity index (χ1n) is 13.1. The van der Waals surface area contributed by atoms with E-state index in [9.17, 15) is 9.59 Å². The minimum absolute atomic E-state index is 0.0163. The number of aryl methyl sites for hydroxylation is 2. The highest BCUT2D eigenvalue weighted by atomic mass is 16.2. The molecule has 0 heterocycles. The van der Waals surface area contributed by atoms with Crippen LogP contribution in [0.3, 0.4) is 0 Å². The number of nitrogens with zero attached hydrogens (tertiary/aromatic N) is 1. The summed E-state index contributed by atoms with van der Waals surface area (Å²) in [5, 5.41) is 5.40. The highest BCUT2D eigenvalue weighted by molar-refractivity contribution is 5.89. The van der Waals surface area contributed by atoms with Crippen molar-refractivity contribution in [2.24, 2.45) is 0 Å². The molecule has 4 nitrogen and oxygen atoms in total. The van der Waals surface area contributed by atoms with Crippen LogP contribution >= 0.6 is 0 Å². The number of nitrogens with one attached hydrogen (secondary N) is 1. The Kier molecular flexibility index (Phi) is 8.73. The fourth-order valence-electron chi connectivity index (χ4n) is 4.84. The summed E-state index contributed by atoms with van der Waals surface area (Å²) in [4.78, 5) is 29.2. The van der Waals surface area contributed by atoms with Crippen LogP contribution in [0.4, 0.5) is 0 Å². The summed E-state index contributed by atoms with van der Waals surface area (Å²) in [6, 6.07) is 32.0. The molecule has 0 fully saturated rings. The zero-order valence-corrected chi connectivity index (χ0v) is 22.0. The topological polar surface area (TPSA) is 49.4 Å². The highest BCUT2D eigenvalue weighted by Gasteiger charge is 2.30. The summed E-state index contributed by atoms with van der Waals surface area (Å²) in [7, 11) is 0. The predicted molar refractivity (Wildman–Crippen MR) is 151 cm³/mol. The molecular formula is C33H36N2O2. The number of carbonyl (C=O) groups excluding carboxylic acids is 2. The van der Waals surface area contributed by atoms with Crippen LogP contribution in [0.5, 0.6) is 0 Å². The SMILES string of the molecule is Cc1cccc(CN(C(=O)CCc2cccc3ccccc23)C(Cc2ccccc2)C(=O)NC(C)C)c1. The first-order valence-corrected chi connectivity index (χ1v) is 13.1. The number of rotatable bonds is 10. The minimum Gasteiger partial charge on any atom is -0.352 e.